The highest BCUT2D eigenvalue weighted by atomic mass is 16.6. The molecule has 6 nitrogen and oxygen atoms in total. The van der Waals surface area contributed by atoms with Crippen LogP contribution in [0.2, 0.25) is 0 Å². The van der Waals surface area contributed by atoms with Crippen molar-refractivity contribution in [3.05, 3.63) is 72.9 Å². The Labute approximate surface area is 408 Å². The summed E-state index contributed by atoms with van der Waals surface area (Å²) in [7, 11) is 0. The Balaban J connectivity index is 4.40. The lowest BCUT2D eigenvalue weighted by Gasteiger charge is -2.18. The lowest BCUT2D eigenvalue weighted by molar-refractivity contribution is -0.167. The third kappa shape index (κ3) is 51.8. The number of carbonyl (C=O) groups is 3. The van der Waals surface area contributed by atoms with E-state index in [1.165, 1.54) is 128 Å². The Kier molecular flexibility index (Phi) is 51.9. The summed E-state index contributed by atoms with van der Waals surface area (Å²) in [5, 5.41) is 0. The highest BCUT2D eigenvalue weighted by Crippen LogP contribution is 2.15. The van der Waals surface area contributed by atoms with E-state index in [-0.39, 0.29) is 31.1 Å². The summed E-state index contributed by atoms with van der Waals surface area (Å²) in [4.78, 5) is 38.1. The van der Waals surface area contributed by atoms with Crippen LogP contribution < -0.4 is 0 Å². The van der Waals surface area contributed by atoms with E-state index >= 15 is 0 Å². The van der Waals surface area contributed by atoms with Crippen molar-refractivity contribution in [2.45, 2.75) is 277 Å². The summed E-state index contributed by atoms with van der Waals surface area (Å²) in [6, 6.07) is 0. The first-order valence-corrected chi connectivity index (χ1v) is 27.9. The Bertz CT molecular complexity index is 1240. The van der Waals surface area contributed by atoms with Crippen LogP contribution in [0.5, 0.6) is 0 Å². The second kappa shape index (κ2) is 54.5. The van der Waals surface area contributed by atoms with Gasteiger partial charge in [-0.25, -0.2) is 0 Å². The molecule has 0 N–H and O–H groups in total. The quantitative estimate of drug-likeness (QED) is 0.0262. The van der Waals surface area contributed by atoms with E-state index in [4.69, 9.17) is 14.2 Å². The summed E-state index contributed by atoms with van der Waals surface area (Å²) >= 11 is 0. The zero-order chi connectivity index (χ0) is 47.9. The lowest BCUT2D eigenvalue weighted by Crippen LogP contribution is -2.30. The smallest absolute Gasteiger partial charge is 0.306 e. The van der Waals surface area contributed by atoms with Gasteiger partial charge >= 0.3 is 17.9 Å². The van der Waals surface area contributed by atoms with Gasteiger partial charge in [-0.15, -0.1) is 0 Å². The molecule has 0 heterocycles. The molecule has 0 amide bonds. The van der Waals surface area contributed by atoms with Gasteiger partial charge in [-0.2, -0.15) is 0 Å². The summed E-state index contributed by atoms with van der Waals surface area (Å²) in [5.41, 5.74) is 0. The second-order valence-corrected chi connectivity index (χ2v) is 18.5. The summed E-state index contributed by atoms with van der Waals surface area (Å²) in [5.74, 6) is -0.927. The first-order chi connectivity index (χ1) is 32.5. The van der Waals surface area contributed by atoms with Crippen molar-refractivity contribution in [2.24, 2.45) is 0 Å². The number of esters is 3. The van der Waals surface area contributed by atoms with E-state index in [9.17, 15) is 14.4 Å². The SMILES string of the molecule is CC/C=C\C/C=C\C/C=C\CCCCCC(=O)OCC(COC(=O)CCCCCCCCCCC/C=C\C/C=C\CCCCC)OC(=O)CCCCCCC/C=C\CCCCCCCCC. The molecule has 0 aliphatic heterocycles. The molecule has 1 atom stereocenters. The maximum absolute atomic E-state index is 12.8. The third-order valence-corrected chi connectivity index (χ3v) is 11.9. The molecule has 0 aliphatic rings. The number of hydrogen-bond acceptors (Lipinski definition) is 6. The third-order valence-electron chi connectivity index (χ3n) is 11.9. The van der Waals surface area contributed by atoms with E-state index < -0.39 is 6.10 Å². The Morgan fingerprint density at radius 2 is 0.591 bits per heavy atom. The highest BCUT2D eigenvalue weighted by Gasteiger charge is 2.19. The van der Waals surface area contributed by atoms with Crippen LogP contribution in [0.4, 0.5) is 0 Å². The van der Waals surface area contributed by atoms with Crippen molar-refractivity contribution >= 4 is 17.9 Å². The molecule has 1 unspecified atom stereocenters. The molecule has 0 rings (SSSR count). The molecule has 0 aliphatic carbocycles. The maximum Gasteiger partial charge on any atom is 0.306 e. The average molecular weight is 921 g/mol. The fraction of sp³-hybridized carbons (Fsp3) is 0.750. The van der Waals surface area contributed by atoms with Gasteiger partial charge in [0.2, 0.25) is 0 Å². The number of unbranched alkanes of at least 4 members (excludes halogenated alkanes) is 27. The van der Waals surface area contributed by atoms with Crippen LogP contribution in [-0.4, -0.2) is 37.2 Å². The molecule has 66 heavy (non-hydrogen) atoms. The van der Waals surface area contributed by atoms with Gasteiger partial charge in [-0.1, -0.05) is 216 Å². The number of rotatable bonds is 50. The van der Waals surface area contributed by atoms with Gasteiger partial charge in [0.25, 0.3) is 0 Å². The lowest BCUT2D eigenvalue weighted by atomic mass is 10.1. The predicted molar refractivity (Wildman–Crippen MR) is 284 cm³/mol. The number of ether oxygens (including phenoxy) is 3. The van der Waals surface area contributed by atoms with Crippen LogP contribution in [0.25, 0.3) is 0 Å². The minimum Gasteiger partial charge on any atom is -0.462 e. The van der Waals surface area contributed by atoms with E-state index in [0.717, 1.165) is 103 Å². The van der Waals surface area contributed by atoms with Crippen LogP contribution in [0.15, 0.2) is 72.9 Å². The molecular weight excluding hydrogens is 817 g/mol. The number of allylic oxidation sites excluding steroid dienone is 12. The number of hydrogen-bond donors (Lipinski definition) is 0. The normalized spacial score (nSPS) is 12.6. The fourth-order valence-electron chi connectivity index (χ4n) is 7.72. The minimum absolute atomic E-state index is 0.0900. The van der Waals surface area contributed by atoms with Gasteiger partial charge in [0.1, 0.15) is 13.2 Å². The van der Waals surface area contributed by atoms with Crippen molar-refractivity contribution in [1.29, 1.82) is 0 Å². The molecule has 0 radical (unpaired) electrons. The van der Waals surface area contributed by atoms with Crippen LogP contribution in [-0.2, 0) is 28.6 Å². The molecule has 0 fully saturated rings. The van der Waals surface area contributed by atoms with Crippen molar-refractivity contribution in [3.63, 3.8) is 0 Å². The Morgan fingerprint density at radius 1 is 0.318 bits per heavy atom. The van der Waals surface area contributed by atoms with Gasteiger partial charge in [-0.3, -0.25) is 14.4 Å². The van der Waals surface area contributed by atoms with Crippen molar-refractivity contribution in [2.75, 3.05) is 13.2 Å². The molecule has 6 heteroatoms. The second-order valence-electron chi connectivity index (χ2n) is 18.5. The predicted octanol–water partition coefficient (Wildman–Crippen LogP) is 18.6. The molecular formula is C60H104O6. The van der Waals surface area contributed by atoms with Crippen molar-refractivity contribution in [3.8, 4) is 0 Å². The molecule has 0 spiro atoms. The highest BCUT2D eigenvalue weighted by molar-refractivity contribution is 5.71. The molecule has 0 saturated carbocycles. The summed E-state index contributed by atoms with van der Waals surface area (Å²) < 4.78 is 16.8. The molecule has 0 aromatic rings. The van der Waals surface area contributed by atoms with Gasteiger partial charge in [0.15, 0.2) is 6.10 Å². The van der Waals surface area contributed by atoms with Crippen LogP contribution in [0.3, 0.4) is 0 Å². The average Bonchev–Trinajstić information content (AvgIpc) is 3.31. The number of carbonyl (C=O) groups excluding carboxylic acids is 3. The van der Waals surface area contributed by atoms with Gasteiger partial charge in [0.05, 0.1) is 0 Å². The zero-order valence-corrected chi connectivity index (χ0v) is 43.4. The van der Waals surface area contributed by atoms with Crippen LogP contribution in [0.1, 0.15) is 271 Å². The first kappa shape index (κ1) is 62.8. The largest absolute Gasteiger partial charge is 0.462 e. The molecule has 0 aromatic heterocycles. The summed E-state index contributed by atoms with van der Waals surface area (Å²) in [6.45, 7) is 6.47. The molecule has 380 valence electrons. The van der Waals surface area contributed by atoms with Gasteiger partial charge in [-0.05, 0) is 109 Å². The monoisotopic (exact) mass is 921 g/mol. The maximum atomic E-state index is 12.8. The van der Waals surface area contributed by atoms with Gasteiger partial charge < -0.3 is 14.2 Å². The van der Waals surface area contributed by atoms with E-state index in [0.29, 0.717) is 19.3 Å². The Hall–Kier alpha value is -3.15. The van der Waals surface area contributed by atoms with Crippen molar-refractivity contribution < 1.29 is 28.6 Å². The Morgan fingerprint density at radius 3 is 0.985 bits per heavy atom. The van der Waals surface area contributed by atoms with E-state index in [1.54, 1.807) is 0 Å². The van der Waals surface area contributed by atoms with Crippen LogP contribution in [0, 0.1) is 0 Å². The van der Waals surface area contributed by atoms with E-state index in [2.05, 4.69) is 93.7 Å². The minimum atomic E-state index is -0.793. The molecule has 0 bridgehead atoms. The summed E-state index contributed by atoms with van der Waals surface area (Å²) in [6.07, 6.45) is 68.9. The van der Waals surface area contributed by atoms with E-state index in [1.807, 2.05) is 0 Å². The molecule has 0 saturated heterocycles. The van der Waals surface area contributed by atoms with Crippen molar-refractivity contribution in [1.82, 2.24) is 0 Å². The standard InChI is InChI=1S/C60H104O6/c1-4-7-10-13-16-19-22-25-27-29-30-31-33-35-38-41-44-47-50-53-59(62)65-56-57(55-64-58(61)52-49-46-43-40-37-34-24-21-18-15-12-9-6-3)66-60(63)54-51-48-45-42-39-36-32-28-26-23-20-17-14-11-8-5-2/h9,12,16,18-19,21,25,27-28,32,34,37,57H,4-8,10-11,13-15,17,20,22-24,26,29-31,33,35-36,38-56H2,1-3H3/b12-9-,19-16-,21-18-,27-25-,32-28-,37-34-. The zero-order valence-electron chi connectivity index (χ0n) is 43.4. The fourth-order valence-corrected chi connectivity index (χ4v) is 7.72. The first-order valence-electron chi connectivity index (χ1n) is 27.9. The molecule has 0 aromatic carbocycles. The topological polar surface area (TPSA) is 78.9 Å². The van der Waals surface area contributed by atoms with Crippen LogP contribution >= 0.6 is 0 Å². The van der Waals surface area contributed by atoms with Gasteiger partial charge in [0, 0.05) is 19.3 Å².